The third kappa shape index (κ3) is 4.52. The second-order valence-corrected chi connectivity index (χ2v) is 6.60. The highest BCUT2D eigenvalue weighted by molar-refractivity contribution is 6.35. The van der Waals surface area contributed by atoms with Crippen molar-refractivity contribution in [2.45, 2.75) is 19.5 Å². The average Bonchev–Trinajstić information content (AvgIpc) is 2.66. The summed E-state index contributed by atoms with van der Waals surface area (Å²) in [6, 6.07) is 10.1. The van der Waals surface area contributed by atoms with Gasteiger partial charge >= 0.3 is 6.03 Å². The monoisotopic (exact) mass is 422 g/mol. The third-order valence-electron chi connectivity index (χ3n) is 4.03. The quantitative estimate of drug-likeness (QED) is 0.586. The number of hydrogen-bond acceptors (Lipinski definition) is 4. The Bertz CT molecular complexity index is 1120. The molecular formula is C19H17ClF2N4O3. The second kappa shape index (κ2) is 8.54. The minimum atomic E-state index is -2.67. The number of anilines is 1. The molecule has 0 saturated carbocycles. The van der Waals surface area contributed by atoms with Gasteiger partial charge in [0, 0.05) is 5.69 Å². The molecule has 0 bridgehead atoms. The zero-order valence-electron chi connectivity index (χ0n) is 15.2. The summed E-state index contributed by atoms with van der Waals surface area (Å²) in [6.07, 6.45) is -3.75. The highest BCUT2D eigenvalue weighted by Gasteiger charge is 2.18. The van der Waals surface area contributed by atoms with Crippen LogP contribution >= 0.6 is 11.6 Å². The van der Waals surface area contributed by atoms with Crippen molar-refractivity contribution in [3.05, 3.63) is 63.7 Å². The van der Waals surface area contributed by atoms with Crippen LogP contribution in [0.2, 0.25) is 5.02 Å². The Morgan fingerprint density at radius 3 is 2.69 bits per heavy atom. The molecule has 0 radical (unpaired) electrons. The Morgan fingerprint density at radius 2 is 2.00 bits per heavy atom. The Balaban J connectivity index is 2.07. The second-order valence-electron chi connectivity index (χ2n) is 6.20. The number of carbonyl (C=O) groups excluding carboxylic acids is 1. The molecule has 152 valence electrons. The molecule has 1 atom stereocenters. The van der Waals surface area contributed by atoms with Crippen molar-refractivity contribution in [2.24, 2.45) is 0 Å². The van der Waals surface area contributed by atoms with Crippen LogP contribution in [0, 0.1) is 0 Å². The fourth-order valence-corrected chi connectivity index (χ4v) is 3.05. The maximum Gasteiger partial charge on any atom is 0.319 e. The lowest BCUT2D eigenvalue weighted by molar-refractivity contribution is 0.148. The minimum Gasteiger partial charge on any atom is -0.385 e. The predicted molar refractivity (Wildman–Crippen MR) is 106 cm³/mol. The van der Waals surface area contributed by atoms with E-state index in [0.29, 0.717) is 11.2 Å². The molecule has 1 aromatic heterocycles. The lowest BCUT2D eigenvalue weighted by Gasteiger charge is -2.16. The van der Waals surface area contributed by atoms with Gasteiger partial charge in [-0.2, -0.15) is 0 Å². The summed E-state index contributed by atoms with van der Waals surface area (Å²) in [4.78, 5) is 29.2. The highest BCUT2D eigenvalue weighted by atomic mass is 35.5. The highest BCUT2D eigenvalue weighted by Crippen LogP contribution is 2.23. The van der Waals surface area contributed by atoms with E-state index in [0.717, 1.165) is 0 Å². The van der Waals surface area contributed by atoms with Crippen molar-refractivity contribution >= 4 is 34.2 Å². The first-order chi connectivity index (χ1) is 13.8. The number of fused-ring (bicyclic) bond motifs is 1. The molecule has 29 heavy (non-hydrogen) atoms. The number of alkyl halides is 2. The number of urea groups is 1. The number of halogens is 3. The van der Waals surface area contributed by atoms with Crippen molar-refractivity contribution in [1.29, 1.82) is 0 Å². The molecule has 3 aromatic rings. The fraction of sp³-hybridized carbons (Fsp3) is 0.211. The van der Waals surface area contributed by atoms with Crippen LogP contribution in [0.15, 0.2) is 47.3 Å². The van der Waals surface area contributed by atoms with Crippen LogP contribution in [-0.4, -0.2) is 33.7 Å². The first-order valence-corrected chi connectivity index (χ1v) is 8.98. The number of nitrogens with zero attached hydrogens (tertiary/aromatic N) is 2. The first-order valence-electron chi connectivity index (χ1n) is 8.60. The lowest BCUT2D eigenvalue weighted by atomic mass is 10.2. The minimum absolute atomic E-state index is 0.0871. The topological polar surface area (TPSA) is 96.2 Å². The summed E-state index contributed by atoms with van der Waals surface area (Å²) in [6.45, 7) is 0.679. The van der Waals surface area contributed by atoms with Crippen LogP contribution in [0.3, 0.4) is 0 Å². The van der Waals surface area contributed by atoms with Crippen molar-refractivity contribution in [3.8, 4) is 5.69 Å². The predicted octanol–water partition coefficient (Wildman–Crippen LogP) is 3.48. The number of aliphatic hydroxyl groups excluding tert-OH is 1. The van der Waals surface area contributed by atoms with Gasteiger partial charge in [-0.05, 0) is 37.3 Å². The number of aliphatic hydroxyl groups is 1. The standard InChI is InChI=1S/C19H17ClF2N4O3/c1-10(27)17-25-14-7-3-6-13(20)16(14)18(28)26(17)12-5-2-4-11(8-12)24-19(29)23-9-15(21)22/h2-8,10,15,27H,9H2,1H3,(H2,23,24,29). The molecule has 2 amide bonds. The van der Waals surface area contributed by atoms with E-state index in [1.807, 2.05) is 5.32 Å². The Labute approximate surface area is 168 Å². The zero-order valence-corrected chi connectivity index (χ0v) is 16.0. The molecule has 0 aliphatic heterocycles. The van der Waals surface area contributed by atoms with Gasteiger partial charge in [0.1, 0.15) is 11.9 Å². The van der Waals surface area contributed by atoms with Gasteiger partial charge in [0.15, 0.2) is 0 Å². The van der Waals surface area contributed by atoms with Gasteiger partial charge in [-0.25, -0.2) is 18.6 Å². The average molecular weight is 423 g/mol. The maximum absolute atomic E-state index is 13.1. The van der Waals surface area contributed by atoms with Crippen LogP contribution in [-0.2, 0) is 0 Å². The summed E-state index contributed by atoms with van der Waals surface area (Å²) < 4.78 is 25.6. The number of benzene rings is 2. The molecule has 0 aliphatic carbocycles. The molecule has 10 heteroatoms. The van der Waals surface area contributed by atoms with Gasteiger partial charge in [0.2, 0.25) is 0 Å². The number of aromatic nitrogens is 2. The van der Waals surface area contributed by atoms with E-state index in [9.17, 15) is 23.5 Å². The van der Waals surface area contributed by atoms with Crippen LogP contribution in [0.1, 0.15) is 18.9 Å². The van der Waals surface area contributed by atoms with Crippen molar-refractivity contribution in [1.82, 2.24) is 14.9 Å². The first kappa shape index (κ1) is 20.7. The van der Waals surface area contributed by atoms with E-state index in [1.54, 1.807) is 30.3 Å². The zero-order chi connectivity index (χ0) is 21.1. The lowest BCUT2D eigenvalue weighted by Crippen LogP contribution is -2.32. The van der Waals surface area contributed by atoms with Crippen LogP contribution in [0.5, 0.6) is 0 Å². The summed E-state index contributed by atoms with van der Waals surface area (Å²) in [5.41, 5.74) is 0.426. The Morgan fingerprint density at radius 1 is 1.28 bits per heavy atom. The van der Waals surface area contributed by atoms with Gasteiger partial charge in [0.25, 0.3) is 12.0 Å². The fourth-order valence-electron chi connectivity index (χ4n) is 2.80. The SMILES string of the molecule is CC(O)c1nc2cccc(Cl)c2c(=O)n1-c1cccc(NC(=O)NCC(F)F)c1. The normalized spacial score (nSPS) is 12.2. The van der Waals surface area contributed by atoms with E-state index < -0.39 is 30.7 Å². The smallest absolute Gasteiger partial charge is 0.319 e. The van der Waals surface area contributed by atoms with E-state index >= 15 is 0 Å². The number of carbonyl (C=O) groups is 1. The number of nitrogens with one attached hydrogen (secondary N) is 2. The summed E-state index contributed by atoms with van der Waals surface area (Å²) in [5.74, 6) is 0.0871. The van der Waals surface area contributed by atoms with E-state index in [1.165, 1.54) is 23.6 Å². The molecule has 1 unspecified atom stereocenters. The molecule has 0 spiro atoms. The molecule has 0 aliphatic rings. The van der Waals surface area contributed by atoms with Crippen molar-refractivity contribution in [2.75, 3.05) is 11.9 Å². The number of hydrogen-bond donors (Lipinski definition) is 3. The summed E-state index contributed by atoms with van der Waals surface area (Å²) >= 11 is 6.17. The molecule has 3 rings (SSSR count). The Kier molecular flexibility index (Phi) is 6.09. The third-order valence-corrected chi connectivity index (χ3v) is 4.34. The molecule has 1 heterocycles. The number of rotatable bonds is 5. The van der Waals surface area contributed by atoms with Crippen LogP contribution in [0.25, 0.3) is 16.6 Å². The van der Waals surface area contributed by atoms with Crippen LogP contribution in [0.4, 0.5) is 19.3 Å². The molecular weight excluding hydrogens is 406 g/mol. The van der Waals surface area contributed by atoms with Gasteiger partial charge in [-0.3, -0.25) is 9.36 Å². The Hall–Kier alpha value is -3.04. The van der Waals surface area contributed by atoms with Gasteiger partial charge in [-0.1, -0.05) is 23.7 Å². The summed E-state index contributed by atoms with van der Waals surface area (Å²) in [7, 11) is 0. The van der Waals surface area contributed by atoms with Gasteiger partial charge < -0.3 is 15.7 Å². The number of amides is 2. The molecule has 0 saturated heterocycles. The largest absolute Gasteiger partial charge is 0.385 e. The molecule has 7 nitrogen and oxygen atoms in total. The van der Waals surface area contributed by atoms with Gasteiger partial charge in [0.05, 0.1) is 28.2 Å². The van der Waals surface area contributed by atoms with Gasteiger partial charge in [-0.15, -0.1) is 0 Å². The van der Waals surface area contributed by atoms with E-state index in [4.69, 9.17) is 11.6 Å². The molecule has 0 fully saturated rings. The van der Waals surface area contributed by atoms with E-state index in [2.05, 4.69) is 10.3 Å². The molecule has 2 aromatic carbocycles. The molecule has 3 N–H and O–H groups in total. The van der Waals surface area contributed by atoms with E-state index in [-0.39, 0.29) is 21.9 Å². The van der Waals surface area contributed by atoms with Crippen LogP contribution < -0.4 is 16.2 Å². The van der Waals surface area contributed by atoms with Crippen molar-refractivity contribution < 1.29 is 18.7 Å². The van der Waals surface area contributed by atoms with Crippen molar-refractivity contribution in [3.63, 3.8) is 0 Å². The summed E-state index contributed by atoms with van der Waals surface area (Å²) in [5, 5.41) is 15.0. The maximum atomic E-state index is 13.1.